The SMILES string of the molecule is O=C1c2ccc(O)cc2OCC1c1cc(O)ccc1O. The van der Waals surface area contributed by atoms with Crippen molar-refractivity contribution in [2.75, 3.05) is 6.61 Å². The Morgan fingerprint density at radius 2 is 1.70 bits per heavy atom. The number of phenols is 3. The predicted octanol–water partition coefficient (Wildman–Crippen LogP) is 2.16. The highest BCUT2D eigenvalue weighted by molar-refractivity contribution is 6.04. The predicted molar refractivity (Wildman–Crippen MR) is 70.4 cm³/mol. The number of fused-ring (bicyclic) bond motifs is 1. The first-order valence-electron chi connectivity index (χ1n) is 6.08. The van der Waals surface area contributed by atoms with Gasteiger partial charge in [-0.15, -0.1) is 0 Å². The minimum Gasteiger partial charge on any atom is -0.508 e. The van der Waals surface area contributed by atoms with E-state index >= 15 is 0 Å². The van der Waals surface area contributed by atoms with E-state index in [0.29, 0.717) is 16.9 Å². The van der Waals surface area contributed by atoms with Gasteiger partial charge < -0.3 is 20.1 Å². The fourth-order valence-electron chi connectivity index (χ4n) is 2.32. The zero-order chi connectivity index (χ0) is 14.3. The zero-order valence-electron chi connectivity index (χ0n) is 10.4. The van der Waals surface area contributed by atoms with Gasteiger partial charge in [-0.3, -0.25) is 4.79 Å². The molecule has 2 aromatic rings. The van der Waals surface area contributed by atoms with Crippen molar-refractivity contribution in [2.24, 2.45) is 0 Å². The van der Waals surface area contributed by atoms with E-state index in [4.69, 9.17) is 4.74 Å². The maximum absolute atomic E-state index is 12.4. The van der Waals surface area contributed by atoms with Gasteiger partial charge >= 0.3 is 0 Å². The molecule has 20 heavy (non-hydrogen) atoms. The number of ketones is 1. The molecule has 5 heteroatoms. The van der Waals surface area contributed by atoms with Gasteiger partial charge in [0, 0.05) is 11.6 Å². The molecule has 2 aromatic carbocycles. The number of hydrogen-bond acceptors (Lipinski definition) is 5. The van der Waals surface area contributed by atoms with Crippen LogP contribution in [0.2, 0.25) is 0 Å². The minimum absolute atomic E-state index is 0.0233. The Morgan fingerprint density at radius 1 is 1.00 bits per heavy atom. The van der Waals surface area contributed by atoms with Gasteiger partial charge in [-0.25, -0.2) is 0 Å². The fraction of sp³-hybridized carbons (Fsp3) is 0.133. The van der Waals surface area contributed by atoms with Crippen LogP contribution in [0.15, 0.2) is 36.4 Å². The lowest BCUT2D eigenvalue weighted by Gasteiger charge is -2.25. The average molecular weight is 272 g/mol. The molecule has 5 nitrogen and oxygen atoms in total. The van der Waals surface area contributed by atoms with Crippen LogP contribution in [0.1, 0.15) is 21.8 Å². The van der Waals surface area contributed by atoms with Crippen LogP contribution in [0, 0.1) is 0 Å². The molecule has 0 spiro atoms. The lowest BCUT2D eigenvalue weighted by atomic mass is 9.88. The molecule has 0 fully saturated rings. The molecule has 1 heterocycles. The molecule has 0 saturated carbocycles. The van der Waals surface area contributed by atoms with Gasteiger partial charge in [-0.05, 0) is 30.3 Å². The lowest BCUT2D eigenvalue weighted by molar-refractivity contribution is 0.0894. The van der Waals surface area contributed by atoms with E-state index in [1.807, 2.05) is 0 Å². The van der Waals surface area contributed by atoms with Crippen LogP contribution >= 0.6 is 0 Å². The van der Waals surface area contributed by atoms with Gasteiger partial charge in [0.05, 0.1) is 11.5 Å². The Kier molecular flexibility index (Phi) is 2.75. The summed E-state index contributed by atoms with van der Waals surface area (Å²) in [6.07, 6.45) is 0. The molecule has 1 atom stereocenters. The standard InChI is InChI=1S/C15H12O5/c16-8-2-4-13(18)11(5-8)12-7-20-14-6-9(17)1-3-10(14)15(12)19/h1-6,12,16-18H,7H2. The molecule has 0 radical (unpaired) electrons. The first kappa shape index (κ1) is 12.3. The van der Waals surface area contributed by atoms with Gasteiger partial charge in [0.2, 0.25) is 0 Å². The van der Waals surface area contributed by atoms with E-state index in [-0.39, 0.29) is 29.6 Å². The number of phenolic OH excluding ortho intramolecular Hbond substituents is 3. The van der Waals surface area contributed by atoms with E-state index in [9.17, 15) is 20.1 Å². The summed E-state index contributed by atoms with van der Waals surface area (Å²) in [7, 11) is 0. The molecular weight excluding hydrogens is 260 g/mol. The fourth-order valence-corrected chi connectivity index (χ4v) is 2.32. The maximum Gasteiger partial charge on any atom is 0.177 e. The molecular formula is C15H12O5. The van der Waals surface area contributed by atoms with Crippen molar-refractivity contribution in [2.45, 2.75) is 5.92 Å². The molecule has 0 saturated heterocycles. The number of benzene rings is 2. The highest BCUT2D eigenvalue weighted by Gasteiger charge is 2.32. The van der Waals surface area contributed by atoms with E-state index < -0.39 is 5.92 Å². The molecule has 1 aliphatic rings. The molecule has 1 unspecified atom stereocenters. The van der Waals surface area contributed by atoms with Crippen molar-refractivity contribution in [3.8, 4) is 23.0 Å². The van der Waals surface area contributed by atoms with Crippen molar-refractivity contribution >= 4 is 5.78 Å². The number of aromatic hydroxyl groups is 3. The summed E-state index contributed by atoms with van der Waals surface area (Å²) in [5, 5.41) is 28.7. The van der Waals surface area contributed by atoms with Gasteiger partial charge in [0.15, 0.2) is 5.78 Å². The molecule has 3 N–H and O–H groups in total. The van der Waals surface area contributed by atoms with Crippen molar-refractivity contribution in [3.63, 3.8) is 0 Å². The zero-order valence-corrected chi connectivity index (χ0v) is 10.4. The van der Waals surface area contributed by atoms with Crippen LogP contribution in [0.5, 0.6) is 23.0 Å². The highest BCUT2D eigenvalue weighted by Crippen LogP contribution is 2.38. The van der Waals surface area contributed by atoms with E-state index in [0.717, 1.165) is 0 Å². The minimum atomic E-state index is -0.681. The largest absolute Gasteiger partial charge is 0.508 e. The van der Waals surface area contributed by atoms with Crippen LogP contribution in [0.3, 0.4) is 0 Å². The Hall–Kier alpha value is -2.69. The number of carbonyl (C=O) groups is 1. The van der Waals surface area contributed by atoms with Crippen LogP contribution in [0.4, 0.5) is 0 Å². The molecule has 3 rings (SSSR count). The van der Waals surface area contributed by atoms with Gasteiger partial charge in [-0.1, -0.05) is 0 Å². The average Bonchev–Trinajstić information content (AvgIpc) is 2.42. The lowest BCUT2D eigenvalue weighted by Crippen LogP contribution is -2.26. The maximum atomic E-state index is 12.4. The van der Waals surface area contributed by atoms with Gasteiger partial charge in [0.1, 0.15) is 29.6 Å². The van der Waals surface area contributed by atoms with Crippen molar-refractivity contribution in [3.05, 3.63) is 47.5 Å². The highest BCUT2D eigenvalue weighted by atomic mass is 16.5. The van der Waals surface area contributed by atoms with E-state index in [1.165, 1.54) is 36.4 Å². The first-order valence-corrected chi connectivity index (χ1v) is 6.08. The second kappa shape index (κ2) is 4.45. The van der Waals surface area contributed by atoms with Crippen LogP contribution in [0.25, 0.3) is 0 Å². The Labute approximate surface area is 114 Å². The normalized spacial score (nSPS) is 17.4. The second-order valence-electron chi connectivity index (χ2n) is 4.65. The first-order chi connectivity index (χ1) is 9.56. The summed E-state index contributed by atoms with van der Waals surface area (Å²) in [5.41, 5.74) is 0.676. The van der Waals surface area contributed by atoms with Gasteiger partial charge in [0.25, 0.3) is 0 Å². The van der Waals surface area contributed by atoms with Crippen LogP contribution in [-0.2, 0) is 0 Å². The summed E-state index contributed by atoms with van der Waals surface area (Å²) in [4.78, 5) is 12.4. The number of Topliss-reactive ketones (excluding diaryl/α,β-unsaturated/α-hetero) is 1. The Balaban J connectivity index is 2.04. The molecule has 0 bridgehead atoms. The third-order valence-corrected chi connectivity index (χ3v) is 3.34. The quantitative estimate of drug-likeness (QED) is 0.692. The number of hydrogen-bond donors (Lipinski definition) is 3. The smallest absolute Gasteiger partial charge is 0.177 e. The monoisotopic (exact) mass is 272 g/mol. The topological polar surface area (TPSA) is 87.0 Å². The van der Waals surface area contributed by atoms with E-state index in [1.54, 1.807) is 0 Å². The number of ether oxygens (including phenoxy) is 1. The van der Waals surface area contributed by atoms with Crippen molar-refractivity contribution < 1.29 is 24.9 Å². The summed E-state index contributed by atoms with van der Waals surface area (Å²) >= 11 is 0. The van der Waals surface area contributed by atoms with Gasteiger partial charge in [-0.2, -0.15) is 0 Å². The third kappa shape index (κ3) is 1.93. The second-order valence-corrected chi connectivity index (χ2v) is 4.65. The Bertz CT molecular complexity index is 693. The molecule has 0 amide bonds. The van der Waals surface area contributed by atoms with Crippen molar-refractivity contribution in [1.82, 2.24) is 0 Å². The number of carbonyl (C=O) groups excluding carboxylic acids is 1. The summed E-state index contributed by atoms with van der Waals surface area (Å²) < 4.78 is 5.46. The third-order valence-electron chi connectivity index (χ3n) is 3.34. The van der Waals surface area contributed by atoms with Crippen LogP contribution < -0.4 is 4.74 Å². The summed E-state index contributed by atoms with van der Waals surface area (Å²) in [6, 6.07) is 8.31. The molecule has 0 aliphatic carbocycles. The number of rotatable bonds is 1. The Morgan fingerprint density at radius 3 is 2.50 bits per heavy atom. The summed E-state index contributed by atoms with van der Waals surface area (Å²) in [6.45, 7) is 0.0479. The van der Waals surface area contributed by atoms with Crippen molar-refractivity contribution in [1.29, 1.82) is 0 Å². The van der Waals surface area contributed by atoms with E-state index in [2.05, 4.69) is 0 Å². The molecule has 102 valence electrons. The summed E-state index contributed by atoms with van der Waals surface area (Å²) in [5.74, 6) is -0.638. The van der Waals surface area contributed by atoms with Crippen LogP contribution in [-0.4, -0.2) is 27.7 Å². The molecule has 1 aliphatic heterocycles. The molecule has 0 aromatic heterocycles.